The number of amides is 1. The maximum atomic E-state index is 12.6. The number of sulfonamides is 1. The molecule has 0 aliphatic carbocycles. The van der Waals surface area contributed by atoms with Gasteiger partial charge in [0.15, 0.2) is 0 Å². The molecule has 0 aliphatic rings. The topological polar surface area (TPSA) is 195 Å². The van der Waals surface area contributed by atoms with E-state index in [2.05, 4.69) is 15.6 Å². The molecule has 170 valence electrons. The van der Waals surface area contributed by atoms with Crippen LogP contribution in [0.15, 0.2) is 21.7 Å². The Balaban J connectivity index is 2.34. The number of nitrogens with zero attached hydrogens (tertiary/aromatic N) is 2. The third kappa shape index (κ3) is 6.43. The average Bonchev–Trinajstić information content (AvgIpc) is 2.59. The Kier molecular flexibility index (Phi) is 6.58. The number of nitrogens with one attached hydrogen (secondary N) is 4. The Hall–Kier alpha value is -3.62. The number of carbonyl (C=O) groups excluding carboxylic acids is 1. The quantitative estimate of drug-likeness (QED) is 0.251. The number of nitro benzene ring substituents is 1. The molecule has 0 fully saturated rings. The van der Waals surface area contributed by atoms with Crippen LogP contribution in [0.2, 0.25) is 0 Å². The largest absolute Gasteiger partial charge is 0.444 e. The molecule has 1 aromatic carbocycles. The van der Waals surface area contributed by atoms with E-state index in [1.807, 2.05) is 0 Å². The molecule has 4 N–H and O–H groups in total. The molecule has 0 saturated heterocycles. The molecule has 2 aromatic rings. The number of fused-ring (bicyclic) bond motifs is 1. The lowest BCUT2D eigenvalue weighted by Gasteiger charge is -2.19. The highest BCUT2D eigenvalue weighted by atomic mass is 32.2. The van der Waals surface area contributed by atoms with Crippen LogP contribution >= 0.6 is 0 Å². The second-order valence-electron chi connectivity index (χ2n) is 7.46. The summed E-state index contributed by atoms with van der Waals surface area (Å²) in [5, 5.41) is 16.4. The Morgan fingerprint density at radius 3 is 2.45 bits per heavy atom. The highest BCUT2D eigenvalue weighted by molar-refractivity contribution is 7.91. The number of hydrogen-bond donors (Lipinski definition) is 4. The molecular weight excluding hydrogens is 436 g/mol. The van der Waals surface area contributed by atoms with Crippen LogP contribution < -0.4 is 26.7 Å². The van der Waals surface area contributed by atoms with Gasteiger partial charge >= 0.3 is 11.8 Å². The number of hydrogen-bond acceptors (Lipinski definition) is 9. The molecule has 31 heavy (non-hydrogen) atoms. The first-order valence-electron chi connectivity index (χ1n) is 8.84. The predicted molar refractivity (Wildman–Crippen MR) is 112 cm³/mol. The van der Waals surface area contributed by atoms with Crippen LogP contribution in [0.1, 0.15) is 20.8 Å². The number of H-pyrrole nitrogens is 1. The summed E-state index contributed by atoms with van der Waals surface area (Å²) in [6.45, 7) is 5.18. The van der Waals surface area contributed by atoms with Crippen LogP contribution in [0.5, 0.6) is 0 Å². The van der Waals surface area contributed by atoms with Gasteiger partial charge in [-0.1, -0.05) is 0 Å². The van der Waals surface area contributed by atoms with Crippen LogP contribution in [0, 0.1) is 10.1 Å². The first-order valence-corrected chi connectivity index (χ1v) is 10.7. The molecule has 0 saturated carbocycles. The van der Waals surface area contributed by atoms with Crippen molar-refractivity contribution >= 4 is 38.4 Å². The zero-order valence-corrected chi connectivity index (χ0v) is 18.0. The van der Waals surface area contributed by atoms with E-state index in [4.69, 9.17) is 4.74 Å². The van der Waals surface area contributed by atoms with Gasteiger partial charge in [0.1, 0.15) is 11.3 Å². The Morgan fingerprint density at radius 1 is 1.26 bits per heavy atom. The SMILES string of the molecule is CC(C)(C)OC(=O)NCCNc1cc2c(=O)n(NS(C)(=O)=O)c(=O)[nH]c2cc1[N+](=O)[O-]. The highest BCUT2D eigenvalue weighted by Crippen LogP contribution is 2.27. The van der Waals surface area contributed by atoms with Gasteiger partial charge in [0.25, 0.3) is 11.2 Å². The number of alkyl carbamates (subject to hydrolysis) is 1. The fourth-order valence-corrected chi connectivity index (χ4v) is 2.97. The van der Waals surface area contributed by atoms with Crippen molar-refractivity contribution in [2.75, 3.05) is 29.5 Å². The third-order valence-electron chi connectivity index (χ3n) is 3.58. The number of aromatic nitrogens is 2. The number of rotatable bonds is 7. The Bertz CT molecular complexity index is 1240. The van der Waals surface area contributed by atoms with Crippen LogP contribution in [-0.2, 0) is 14.8 Å². The van der Waals surface area contributed by atoms with Crippen LogP contribution in [0.25, 0.3) is 10.9 Å². The summed E-state index contributed by atoms with van der Waals surface area (Å²) in [6.07, 6.45) is 0.0819. The standard InChI is InChI=1S/C16H22N6O8S/c1-16(2,3)30-15(25)18-6-5-17-11-7-9-10(8-12(11)22(26)27)19-14(24)21(13(9)23)20-31(4,28)29/h7-8,17,20H,5-6H2,1-4H3,(H,18,25)(H,19,24). The van der Waals surface area contributed by atoms with Crippen molar-refractivity contribution < 1.29 is 22.9 Å². The first-order chi connectivity index (χ1) is 14.2. The minimum atomic E-state index is -3.94. The molecule has 1 aromatic heterocycles. The van der Waals surface area contributed by atoms with Crippen LogP contribution in [0.3, 0.4) is 0 Å². The second kappa shape index (κ2) is 8.63. The minimum absolute atomic E-state index is 0.0464. The van der Waals surface area contributed by atoms with E-state index < -0.39 is 43.6 Å². The van der Waals surface area contributed by atoms with Gasteiger partial charge in [-0.3, -0.25) is 14.9 Å². The van der Waals surface area contributed by atoms with Gasteiger partial charge in [-0.2, -0.15) is 4.68 Å². The van der Waals surface area contributed by atoms with Crippen molar-refractivity contribution in [1.82, 2.24) is 15.0 Å². The van der Waals surface area contributed by atoms with Gasteiger partial charge in [0.05, 0.1) is 22.1 Å². The maximum Gasteiger partial charge on any atom is 0.407 e. The average molecular weight is 458 g/mol. The molecule has 0 bridgehead atoms. The van der Waals surface area contributed by atoms with Gasteiger partial charge in [-0.05, 0) is 26.8 Å². The number of benzene rings is 1. The van der Waals surface area contributed by atoms with E-state index in [1.165, 1.54) is 0 Å². The molecule has 1 amide bonds. The van der Waals surface area contributed by atoms with E-state index in [0.29, 0.717) is 0 Å². The first kappa shape index (κ1) is 23.7. The smallest absolute Gasteiger partial charge is 0.407 e. The van der Waals surface area contributed by atoms with Gasteiger partial charge < -0.3 is 20.4 Å². The third-order valence-corrected chi connectivity index (χ3v) is 4.09. The lowest BCUT2D eigenvalue weighted by molar-refractivity contribution is -0.383. The summed E-state index contributed by atoms with van der Waals surface area (Å²) in [5.41, 5.74) is -3.47. The summed E-state index contributed by atoms with van der Waals surface area (Å²) in [5.74, 6) is 0. The molecule has 2 rings (SSSR count). The molecule has 0 aliphatic heterocycles. The molecular formula is C16H22N6O8S. The van der Waals surface area contributed by atoms with Crippen molar-refractivity contribution in [2.45, 2.75) is 26.4 Å². The van der Waals surface area contributed by atoms with E-state index >= 15 is 0 Å². The fraction of sp³-hybridized carbons (Fsp3) is 0.438. The van der Waals surface area contributed by atoms with E-state index in [-0.39, 0.29) is 34.4 Å². The van der Waals surface area contributed by atoms with Gasteiger partial charge in [0, 0.05) is 19.2 Å². The van der Waals surface area contributed by atoms with Crippen molar-refractivity contribution in [2.24, 2.45) is 0 Å². The van der Waals surface area contributed by atoms with Crippen molar-refractivity contribution in [3.05, 3.63) is 43.1 Å². The maximum absolute atomic E-state index is 12.6. The summed E-state index contributed by atoms with van der Waals surface area (Å²) < 4.78 is 28.1. The van der Waals surface area contributed by atoms with Crippen molar-refractivity contribution in [3.63, 3.8) is 0 Å². The Morgan fingerprint density at radius 2 is 1.90 bits per heavy atom. The van der Waals surface area contributed by atoms with Crippen LogP contribution in [0.4, 0.5) is 16.2 Å². The summed E-state index contributed by atoms with van der Waals surface area (Å²) >= 11 is 0. The lowest BCUT2D eigenvalue weighted by atomic mass is 10.2. The van der Waals surface area contributed by atoms with E-state index in [0.717, 1.165) is 18.4 Å². The molecule has 14 nitrogen and oxygen atoms in total. The zero-order valence-electron chi connectivity index (χ0n) is 17.1. The monoisotopic (exact) mass is 458 g/mol. The molecule has 0 spiro atoms. The summed E-state index contributed by atoms with van der Waals surface area (Å²) in [6, 6.07) is 2.09. The number of carbonyl (C=O) groups is 1. The predicted octanol–water partition coefficient (Wildman–Crippen LogP) is 0.0377. The van der Waals surface area contributed by atoms with Gasteiger partial charge in [0.2, 0.25) is 10.0 Å². The van der Waals surface area contributed by atoms with Crippen molar-refractivity contribution in [1.29, 1.82) is 0 Å². The normalized spacial score (nSPS) is 11.7. The molecule has 1 heterocycles. The number of nitro groups is 1. The highest BCUT2D eigenvalue weighted by Gasteiger charge is 2.20. The number of ether oxygens (including phenoxy) is 1. The van der Waals surface area contributed by atoms with Gasteiger partial charge in [-0.15, -0.1) is 0 Å². The molecule has 15 heteroatoms. The summed E-state index contributed by atoms with van der Waals surface area (Å²) in [7, 11) is -3.94. The van der Waals surface area contributed by atoms with Crippen LogP contribution in [-0.4, -0.2) is 54.0 Å². The van der Waals surface area contributed by atoms with Gasteiger partial charge in [-0.25, -0.2) is 22.8 Å². The second-order valence-corrected chi connectivity index (χ2v) is 9.19. The Labute approximate surface area is 175 Å². The fourth-order valence-electron chi connectivity index (χ4n) is 2.47. The molecule has 0 radical (unpaired) electrons. The molecule has 0 atom stereocenters. The van der Waals surface area contributed by atoms with Crippen molar-refractivity contribution in [3.8, 4) is 0 Å². The van der Waals surface area contributed by atoms with E-state index in [9.17, 15) is 32.9 Å². The van der Waals surface area contributed by atoms with E-state index in [1.54, 1.807) is 25.6 Å². The number of anilines is 1. The minimum Gasteiger partial charge on any atom is -0.444 e. The lowest BCUT2D eigenvalue weighted by Crippen LogP contribution is -2.43. The molecule has 0 unspecified atom stereocenters. The number of aromatic amines is 1. The summed E-state index contributed by atoms with van der Waals surface area (Å²) in [4.78, 5) is 50.9. The zero-order chi connectivity index (χ0) is 23.6.